The summed E-state index contributed by atoms with van der Waals surface area (Å²) < 4.78 is 26.9. The van der Waals surface area contributed by atoms with Crippen LogP contribution in [-0.4, -0.2) is 46.3 Å². The average Bonchev–Trinajstić information content (AvgIpc) is 2.80. The maximum atomic E-state index is 11.4. The van der Waals surface area contributed by atoms with Gasteiger partial charge in [0.15, 0.2) is 0 Å². The van der Waals surface area contributed by atoms with Crippen LogP contribution in [-0.2, 0) is 16.4 Å². The Morgan fingerprint density at radius 1 is 1.38 bits per heavy atom. The molecule has 9 heteroatoms. The van der Waals surface area contributed by atoms with E-state index < -0.39 is 15.6 Å². The fourth-order valence-electron chi connectivity index (χ4n) is 2.02. The van der Waals surface area contributed by atoms with Crippen molar-refractivity contribution in [1.82, 2.24) is 24.3 Å². The standard InChI is InChI=1S/C12H20N6O2S/c1-5-9-6-10(18-11(16-9)14-8-15-18)13-7-12(2,3)17-21(4,19)20/h6,8,13,17H,5,7H2,1-4H3. The molecule has 0 unspecified atom stereocenters. The molecule has 2 aromatic rings. The lowest BCUT2D eigenvalue weighted by Crippen LogP contribution is -2.48. The zero-order valence-electron chi connectivity index (χ0n) is 12.6. The minimum absolute atomic E-state index is 0.405. The molecule has 116 valence electrons. The second kappa shape index (κ2) is 5.57. The third-order valence-corrected chi connectivity index (χ3v) is 3.76. The Hall–Kier alpha value is -1.74. The lowest BCUT2D eigenvalue weighted by molar-refractivity contribution is 0.475. The van der Waals surface area contributed by atoms with E-state index in [4.69, 9.17) is 0 Å². The number of hydrogen-bond donors (Lipinski definition) is 2. The van der Waals surface area contributed by atoms with Crippen molar-refractivity contribution in [2.24, 2.45) is 0 Å². The first-order valence-electron chi connectivity index (χ1n) is 6.63. The number of aryl methyl sites for hydroxylation is 1. The summed E-state index contributed by atoms with van der Waals surface area (Å²) >= 11 is 0. The summed E-state index contributed by atoms with van der Waals surface area (Å²) in [5, 5.41) is 7.32. The van der Waals surface area contributed by atoms with E-state index in [1.807, 2.05) is 26.8 Å². The molecule has 0 bridgehead atoms. The number of nitrogens with one attached hydrogen (secondary N) is 2. The molecule has 0 spiro atoms. The zero-order chi connectivity index (χ0) is 15.7. The minimum atomic E-state index is -3.27. The van der Waals surface area contributed by atoms with Crippen LogP contribution in [0.2, 0.25) is 0 Å². The van der Waals surface area contributed by atoms with Gasteiger partial charge in [0.1, 0.15) is 12.1 Å². The maximum Gasteiger partial charge on any atom is 0.254 e. The van der Waals surface area contributed by atoms with E-state index in [0.717, 1.165) is 24.2 Å². The fourth-order valence-corrected chi connectivity index (χ4v) is 3.09. The van der Waals surface area contributed by atoms with Gasteiger partial charge in [-0.25, -0.2) is 18.1 Å². The van der Waals surface area contributed by atoms with Gasteiger partial charge in [0, 0.05) is 23.8 Å². The molecular weight excluding hydrogens is 292 g/mol. The van der Waals surface area contributed by atoms with Gasteiger partial charge >= 0.3 is 0 Å². The predicted molar refractivity (Wildman–Crippen MR) is 80.7 cm³/mol. The highest BCUT2D eigenvalue weighted by molar-refractivity contribution is 7.88. The van der Waals surface area contributed by atoms with Crippen LogP contribution in [0.25, 0.3) is 5.78 Å². The Morgan fingerprint density at radius 3 is 2.71 bits per heavy atom. The maximum absolute atomic E-state index is 11.4. The summed E-state index contributed by atoms with van der Waals surface area (Å²) in [6, 6.07) is 1.89. The van der Waals surface area contributed by atoms with Crippen LogP contribution in [0, 0.1) is 0 Å². The molecule has 0 fully saturated rings. The van der Waals surface area contributed by atoms with Gasteiger partial charge in [-0.15, -0.1) is 0 Å². The monoisotopic (exact) mass is 312 g/mol. The summed E-state index contributed by atoms with van der Waals surface area (Å²) in [5.74, 6) is 1.25. The van der Waals surface area contributed by atoms with Crippen LogP contribution >= 0.6 is 0 Å². The zero-order valence-corrected chi connectivity index (χ0v) is 13.4. The van der Waals surface area contributed by atoms with Crippen molar-refractivity contribution in [2.75, 3.05) is 18.1 Å². The van der Waals surface area contributed by atoms with Crippen molar-refractivity contribution < 1.29 is 8.42 Å². The van der Waals surface area contributed by atoms with Gasteiger partial charge in [0.25, 0.3) is 5.78 Å². The van der Waals surface area contributed by atoms with E-state index in [9.17, 15) is 8.42 Å². The lowest BCUT2D eigenvalue weighted by atomic mass is 10.1. The Bertz CT molecular complexity index is 737. The van der Waals surface area contributed by atoms with E-state index in [1.54, 1.807) is 4.52 Å². The first-order chi connectivity index (χ1) is 9.70. The van der Waals surface area contributed by atoms with Crippen molar-refractivity contribution in [2.45, 2.75) is 32.7 Å². The third-order valence-electron chi connectivity index (χ3n) is 2.84. The highest BCUT2D eigenvalue weighted by Gasteiger charge is 2.22. The molecule has 2 aromatic heterocycles. The molecule has 0 atom stereocenters. The molecule has 8 nitrogen and oxygen atoms in total. The van der Waals surface area contributed by atoms with Crippen molar-refractivity contribution in [3.63, 3.8) is 0 Å². The molecular formula is C12H20N6O2S. The number of sulfonamides is 1. The van der Waals surface area contributed by atoms with Gasteiger partial charge in [-0.2, -0.15) is 14.6 Å². The predicted octanol–water partition coefficient (Wildman–Crippen LogP) is 0.426. The number of anilines is 1. The van der Waals surface area contributed by atoms with E-state index in [-0.39, 0.29) is 0 Å². The molecule has 0 aromatic carbocycles. The molecule has 2 heterocycles. The highest BCUT2D eigenvalue weighted by Crippen LogP contribution is 2.13. The SMILES string of the molecule is CCc1cc(NCC(C)(C)NS(C)(=O)=O)n2ncnc2n1. The van der Waals surface area contributed by atoms with Crippen LogP contribution in [0.3, 0.4) is 0 Å². The Kier molecular flexibility index (Phi) is 4.15. The highest BCUT2D eigenvalue weighted by atomic mass is 32.2. The molecule has 0 radical (unpaired) electrons. The summed E-state index contributed by atoms with van der Waals surface area (Å²) in [4.78, 5) is 8.44. The fraction of sp³-hybridized carbons (Fsp3) is 0.583. The van der Waals surface area contributed by atoms with Crippen LogP contribution in [0.15, 0.2) is 12.4 Å². The molecule has 0 saturated carbocycles. The van der Waals surface area contributed by atoms with Crippen molar-refractivity contribution in [3.05, 3.63) is 18.1 Å². The molecule has 0 aliphatic carbocycles. The van der Waals surface area contributed by atoms with Crippen LogP contribution in [0.1, 0.15) is 26.5 Å². The lowest BCUT2D eigenvalue weighted by Gasteiger charge is -2.25. The normalized spacial score (nSPS) is 12.8. The summed E-state index contributed by atoms with van der Waals surface area (Å²) in [5.41, 5.74) is 0.266. The van der Waals surface area contributed by atoms with Gasteiger partial charge in [-0.1, -0.05) is 6.92 Å². The Balaban J connectivity index is 2.21. The molecule has 0 aliphatic heterocycles. The van der Waals surface area contributed by atoms with E-state index in [1.165, 1.54) is 6.33 Å². The van der Waals surface area contributed by atoms with Crippen molar-refractivity contribution >= 4 is 21.6 Å². The molecule has 0 amide bonds. The van der Waals surface area contributed by atoms with Gasteiger partial charge in [-0.05, 0) is 20.3 Å². The molecule has 0 aliphatic rings. The number of hydrogen-bond acceptors (Lipinski definition) is 6. The van der Waals surface area contributed by atoms with Gasteiger partial charge < -0.3 is 5.32 Å². The number of aromatic nitrogens is 4. The quantitative estimate of drug-likeness (QED) is 0.802. The topological polar surface area (TPSA) is 101 Å². The molecule has 2 rings (SSSR count). The molecule has 2 N–H and O–H groups in total. The smallest absolute Gasteiger partial charge is 0.254 e. The van der Waals surface area contributed by atoms with Gasteiger partial charge in [-0.3, -0.25) is 0 Å². The third kappa shape index (κ3) is 4.11. The second-order valence-electron chi connectivity index (χ2n) is 5.57. The largest absolute Gasteiger partial charge is 0.368 e. The first kappa shape index (κ1) is 15.6. The van der Waals surface area contributed by atoms with E-state index in [2.05, 4.69) is 25.1 Å². The second-order valence-corrected chi connectivity index (χ2v) is 7.32. The number of nitrogens with zero attached hydrogens (tertiary/aromatic N) is 4. The van der Waals surface area contributed by atoms with Crippen LogP contribution < -0.4 is 10.0 Å². The summed E-state index contributed by atoms with van der Waals surface area (Å²) in [6.45, 7) is 6.03. The Morgan fingerprint density at radius 2 is 2.10 bits per heavy atom. The van der Waals surface area contributed by atoms with Gasteiger partial charge in [0.2, 0.25) is 10.0 Å². The van der Waals surface area contributed by atoms with Crippen LogP contribution in [0.4, 0.5) is 5.82 Å². The number of rotatable bonds is 6. The van der Waals surface area contributed by atoms with Crippen molar-refractivity contribution in [3.8, 4) is 0 Å². The van der Waals surface area contributed by atoms with Crippen LogP contribution in [0.5, 0.6) is 0 Å². The van der Waals surface area contributed by atoms with Crippen molar-refractivity contribution in [1.29, 1.82) is 0 Å². The van der Waals surface area contributed by atoms with E-state index >= 15 is 0 Å². The van der Waals surface area contributed by atoms with Gasteiger partial charge in [0.05, 0.1) is 6.26 Å². The summed E-state index contributed by atoms with van der Waals surface area (Å²) in [7, 11) is -3.27. The minimum Gasteiger partial charge on any atom is -0.368 e. The number of fused-ring (bicyclic) bond motifs is 1. The van der Waals surface area contributed by atoms with E-state index in [0.29, 0.717) is 12.3 Å². The first-order valence-corrected chi connectivity index (χ1v) is 8.52. The molecule has 21 heavy (non-hydrogen) atoms. The average molecular weight is 312 g/mol. The molecule has 0 saturated heterocycles. The summed E-state index contributed by atoms with van der Waals surface area (Å²) in [6.07, 6.45) is 3.36. The Labute approximate surface area is 124 Å².